The number of aryl methyl sites for hydroxylation is 1. The van der Waals surface area contributed by atoms with Crippen molar-refractivity contribution in [1.82, 2.24) is 24.7 Å². The van der Waals surface area contributed by atoms with Crippen molar-refractivity contribution in [3.8, 4) is 5.69 Å². The Kier molecular flexibility index (Phi) is 3.91. The number of anilines is 1. The largest absolute Gasteiger partial charge is 0.390 e. The van der Waals surface area contributed by atoms with Gasteiger partial charge in [-0.15, -0.1) is 10.2 Å². The summed E-state index contributed by atoms with van der Waals surface area (Å²) in [5, 5.41) is 8.15. The Morgan fingerprint density at radius 1 is 1.30 bits per heavy atom. The molecule has 3 rings (SSSR count). The summed E-state index contributed by atoms with van der Waals surface area (Å²) in [7, 11) is 0. The number of rotatable bonds is 3. The van der Waals surface area contributed by atoms with Crippen LogP contribution in [0.25, 0.3) is 5.69 Å². The summed E-state index contributed by atoms with van der Waals surface area (Å²) in [6.07, 6.45) is -3.15. The van der Waals surface area contributed by atoms with Gasteiger partial charge < -0.3 is 4.90 Å². The predicted molar refractivity (Wildman–Crippen MR) is 77.7 cm³/mol. The standard InChI is InChI=1S/C13H14ClF3N6/c1-3-8-11-21-20-7(2)23(11)9-6-18-12(14)19-10(9)22(8)5-4-13(15,16)17/h6,8H,3-5H2,1-2H3. The van der Waals surface area contributed by atoms with Crippen molar-refractivity contribution in [3.05, 3.63) is 23.1 Å². The smallest absolute Gasteiger partial charge is 0.344 e. The molecule has 124 valence electrons. The minimum Gasteiger partial charge on any atom is -0.344 e. The lowest BCUT2D eigenvalue weighted by molar-refractivity contribution is -0.132. The molecule has 3 heterocycles. The van der Waals surface area contributed by atoms with Crippen LogP contribution < -0.4 is 4.90 Å². The second kappa shape index (κ2) is 5.63. The molecule has 1 aliphatic heterocycles. The van der Waals surface area contributed by atoms with Crippen LogP contribution in [0.4, 0.5) is 19.0 Å². The molecule has 0 saturated heterocycles. The van der Waals surface area contributed by atoms with Gasteiger partial charge in [-0.25, -0.2) is 4.98 Å². The third-order valence-electron chi connectivity index (χ3n) is 3.78. The molecule has 2 aromatic heterocycles. The molecule has 6 nitrogen and oxygen atoms in total. The fourth-order valence-corrected chi connectivity index (χ4v) is 2.93. The van der Waals surface area contributed by atoms with E-state index >= 15 is 0 Å². The van der Waals surface area contributed by atoms with E-state index in [0.29, 0.717) is 29.6 Å². The summed E-state index contributed by atoms with van der Waals surface area (Å²) in [5.74, 6) is 1.59. The van der Waals surface area contributed by atoms with Gasteiger partial charge in [0, 0.05) is 6.54 Å². The second-order valence-electron chi connectivity index (χ2n) is 5.27. The summed E-state index contributed by atoms with van der Waals surface area (Å²) in [4.78, 5) is 9.67. The summed E-state index contributed by atoms with van der Waals surface area (Å²) in [6, 6.07) is -0.350. The normalized spacial score (nSPS) is 17.1. The number of aromatic nitrogens is 5. The highest BCUT2D eigenvalue weighted by Gasteiger charge is 2.37. The van der Waals surface area contributed by atoms with Gasteiger partial charge in [-0.05, 0) is 24.9 Å². The fraction of sp³-hybridized carbons (Fsp3) is 0.538. The Hall–Kier alpha value is -1.90. The first-order valence-electron chi connectivity index (χ1n) is 7.10. The van der Waals surface area contributed by atoms with Gasteiger partial charge >= 0.3 is 6.18 Å². The van der Waals surface area contributed by atoms with E-state index in [0.717, 1.165) is 0 Å². The summed E-state index contributed by atoms with van der Waals surface area (Å²) >= 11 is 5.85. The topological polar surface area (TPSA) is 59.7 Å². The molecule has 0 amide bonds. The molecule has 0 aromatic carbocycles. The van der Waals surface area contributed by atoms with E-state index < -0.39 is 12.6 Å². The van der Waals surface area contributed by atoms with Crippen LogP contribution in [-0.4, -0.2) is 37.5 Å². The van der Waals surface area contributed by atoms with Gasteiger partial charge in [-0.1, -0.05) is 6.92 Å². The zero-order valence-corrected chi connectivity index (χ0v) is 13.2. The first kappa shape index (κ1) is 16.0. The molecule has 0 aliphatic carbocycles. The van der Waals surface area contributed by atoms with E-state index in [4.69, 9.17) is 11.6 Å². The fourth-order valence-electron chi connectivity index (χ4n) is 2.81. The van der Waals surface area contributed by atoms with Crippen molar-refractivity contribution < 1.29 is 13.2 Å². The molecule has 1 unspecified atom stereocenters. The van der Waals surface area contributed by atoms with Crippen molar-refractivity contribution in [1.29, 1.82) is 0 Å². The summed E-state index contributed by atoms with van der Waals surface area (Å²) in [5.41, 5.74) is 0.541. The van der Waals surface area contributed by atoms with Crippen LogP contribution in [0.15, 0.2) is 6.20 Å². The molecular formula is C13H14ClF3N6. The van der Waals surface area contributed by atoms with E-state index in [1.807, 2.05) is 6.92 Å². The number of hydrogen-bond donors (Lipinski definition) is 0. The van der Waals surface area contributed by atoms with Gasteiger partial charge in [-0.2, -0.15) is 18.2 Å². The Labute approximate surface area is 135 Å². The van der Waals surface area contributed by atoms with E-state index in [9.17, 15) is 13.2 Å². The van der Waals surface area contributed by atoms with Crippen molar-refractivity contribution in [2.75, 3.05) is 11.4 Å². The maximum Gasteiger partial charge on any atom is 0.390 e. The highest BCUT2D eigenvalue weighted by Crippen LogP contribution is 2.39. The Morgan fingerprint density at radius 3 is 2.70 bits per heavy atom. The third-order valence-corrected chi connectivity index (χ3v) is 3.96. The highest BCUT2D eigenvalue weighted by molar-refractivity contribution is 6.28. The van der Waals surface area contributed by atoms with Crippen molar-refractivity contribution >= 4 is 17.4 Å². The molecule has 0 radical (unpaired) electrons. The Bertz CT molecular complexity index is 729. The summed E-state index contributed by atoms with van der Waals surface area (Å²) < 4.78 is 39.8. The SMILES string of the molecule is CCC1c2nnc(C)n2-c2cnc(Cl)nc2N1CCC(F)(F)F. The van der Waals surface area contributed by atoms with Crippen molar-refractivity contribution in [2.24, 2.45) is 0 Å². The molecule has 0 saturated carbocycles. The predicted octanol–water partition coefficient (Wildman–Crippen LogP) is 3.24. The van der Waals surface area contributed by atoms with E-state index in [1.165, 1.54) is 6.20 Å². The zero-order valence-electron chi connectivity index (χ0n) is 12.5. The Balaban J connectivity index is 2.11. The van der Waals surface area contributed by atoms with Crippen LogP contribution in [-0.2, 0) is 0 Å². The summed E-state index contributed by atoms with van der Waals surface area (Å²) in [6.45, 7) is 3.43. The molecule has 10 heteroatoms. The van der Waals surface area contributed by atoms with Gasteiger partial charge in [0.25, 0.3) is 0 Å². The first-order chi connectivity index (χ1) is 10.8. The molecular weight excluding hydrogens is 333 g/mol. The molecule has 2 aromatic rings. The minimum atomic E-state index is -4.25. The lowest BCUT2D eigenvalue weighted by atomic mass is 10.1. The number of hydrogen-bond acceptors (Lipinski definition) is 5. The molecule has 0 fully saturated rings. The number of halogens is 4. The lowest BCUT2D eigenvalue weighted by Gasteiger charge is -2.37. The molecule has 23 heavy (non-hydrogen) atoms. The van der Waals surface area contributed by atoms with Crippen LogP contribution in [0.1, 0.15) is 37.5 Å². The monoisotopic (exact) mass is 346 g/mol. The number of nitrogens with zero attached hydrogens (tertiary/aromatic N) is 6. The average Bonchev–Trinajstić information content (AvgIpc) is 2.85. The molecule has 1 aliphatic rings. The van der Waals surface area contributed by atoms with Crippen molar-refractivity contribution in [2.45, 2.75) is 38.9 Å². The third kappa shape index (κ3) is 2.85. The zero-order chi connectivity index (χ0) is 16.8. The van der Waals surface area contributed by atoms with Crippen LogP contribution in [0, 0.1) is 6.92 Å². The lowest BCUT2D eigenvalue weighted by Crippen LogP contribution is -2.38. The van der Waals surface area contributed by atoms with Crippen LogP contribution >= 0.6 is 11.6 Å². The number of alkyl halides is 3. The van der Waals surface area contributed by atoms with Crippen LogP contribution in [0.3, 0.4) is 0 Å². The quantitative estimate of drug-likeness (QED) is 0.798. The van der Waals surface area contributed by atoms with E-state index in [2.05, 4.69) is 20.2 Å². The maximum absolute atomic E-state index is 12.7. The van der Waals surface area contributed by atoms with E-state index in [-0.39, 0.29) is 17.9 Å². The van der Waals surface area contributed by atoms with Crippen molar-refractivity contribution in [3.63, 3.8) is 0 Å². The van der Waals surface area contributed by atoms with Gasteiger partial charge in [-0.3, -0.25) is 4.57 Å². The van der Waals surface area contributed by atoms with Gasteiger partial charge in [0.2, 0.25) is 5.28 Å². The number of fused-ring (bicyclic) bond motifs is 3. The van der Waals surface area contributed by atoms with Gasteiger partial charge in [0.1, 0.15) is 11.5 Å². The first-order valence-corrected chi connectivity index (χ1v) is 7.48. The average molecular weight is 347 g/mol. The van der Waals surface area contributed by atoms with Gasteiger partial charge in [0.15, 0.2) is 11.6 Å². The second-order valence-corrected chi connectivity index (χ2v) is 5.61. The Morgan fingerprint density at radius 2 is 2.04 bits per heavy atom. The molecule has 1 atom stereocenters. The minimum absolute atomic E-state index is 0.00945. The molecule has 0 N–H and O–H groups in total. The van der Waals surface area contributed by atoms with Gasteiger partial charge in [0.05, 0.1) is 18.7 Å². The van der Waals surface area contributed by atoms with E-state index in [1.54, 1.807) is 16.4 Å². The molecule has 0 spiro atoms. The molecule has 0 bridgehead atoms. The highest BCUT2D eigenvalue weighted by atomic mass is 35.5. The van der Waals surface area contributed by atoms with Crippen LogP contribution in [0.5, 0.6) is 0 Å². The maximum atomic E-state index is 12.7. The van der Waals surface area contributed by atoms with Crippen LogP contribution in [0.2, 0.25) is 5.28 Å².